The minimum Gasteiger partial charge on any atom is -0.296 e. The highest BCUT2D eigenvalue weighted by Gasteiger charge is 2.19. The van der Waals surface area contributed by atoms with Crippen molar-refractivity contribution in [2.75, 3.05) is 5.32 Å². The van der Waals surface area contributed by atoms with Crippen molar-refractivity contribution >= 4 is 22.4 Å². The molecule has 0 radical (unpaired) electrons. The Morgan fingerprint density at radius 2 is 1.55 bits per heavy atom. The van der Waals surface area contributed by atoms with Crippen LogP contribution in [0.5, 0.6) is 0 Å². The molecule has 1 amide bonds. The van der Waals surface area contributed by atoms with Crippen LogP contribution >= 0.6 is 11.3 Å². The molecule has 5 rings (SSSR count). The Balaban J connectivity index is 1.46. The molecule has 0 aliphatic heterocycles. The van der Waals surface area contributed by atoms with Crippen molar-refractivity contribution in [2.45, 2.75) is 13.8 Å². The number of aryl methyl sites for hydroxylation is 2. The molecular formula is C27H22N4OS. The van der Waals surface area contributed by atoms with E-state index in [4.69, 9.17) is 5.10 Å². The van der Waals surface area contributed by atoms with Crippen molar-refractivity contribution in [2.24, 2.45) is 0 Å². The Morgan fingerprint density at radius 1 is 0.818 bits per heavy atom. The molecule has 0 aliphatic carbocycles. The zero-order chi connectivity index (χ0) is 22.8. The first kappa shape index (κ1) is 20.8. The molecule has 0 atom stereocenters. The Bertz CT molecular complexity index is 1420. The van der Waals surface area contributed by atoms with Gasteiger partial charge in [0.2, 0.25) is 0 Å². The van der Waals surface area contributed by atoms with E-state index in [1.807, 2.05) is 72.1 Å². The minimum atomic E-state index is -0.255. The third kappa shape index (κ3) is 4.33. The van der Waals surface area contributed by atoms with Crippen molar-refractivity contribution in [1.82, 2.24) is 14.8 Å². The highest BCUT2D eigenvalue weighted by Crippen LogP contribution is 2.28. The van der Waals surface area contributed by atoms with Crippen LogP contribution in [0.15, 0.2) is 90.3 Å². The van der Waals surface area contributed by atoms with Gasteiger partial charge in [-0.1, -0.05) is 60.7 Å². The summed E-state index contributed by atoms with van der Waals surface area (Å²) in [7, 11) is 0. The summed E-state index contributed by atoms with van der Waals surface area (Å²) >= 11 is 1.41. The zero-order valence-corrected chi connectivity index (χ0v) is 19.1. The lowest BCUT2D eigenvalue weighted by molar-refractivity contribution is 0.101. The van der Waals surface area contributed by atoms with Crippen LogP contribution in [-0.2, 0) is 0 Å². The molecule has 0 bridgehead atoms. The fraction of sp³-hybridized carbons (Fsp3) is 0.0741. The van der Waals surface area contributed by atoms with Crippen molar-refractivity contribution in [3.05, 3.63) is 107 Å². The lowest BCUT2D eigenvalue weighted by Gasteiger charge is -2.07. The average molecular weight is 451 g/mol. The van der Waals surface area contributed by atoms with Gasteiger partial charge in [-0.15, -0.1) is 11.3 Å². The van der Waals surface area contributed by atoms with Crippen molar-refractivity contribution in [3.8, 4) is 28.2 Å². The number of carbonyl (C=O) groups excluding carboxylic acids is 1. The number of amides is 1. The fourth-order valence-electron chi connectivity index (χ4n) is 3.58. The van der Waals surface area contributed by atoms with Crippen LogP contribution in [0, 0.1) is 13.8 Å². The Kier molecular flexibility index (Phi) is 5.59. The number of hydrogen-bond acceptors (Lipinski definition) is 4. The van der Waals surface area contributed by atoms with Crippen LogP contribution in [0.25, 0.3) is 28.2 Å². The molecule has 0 fully saturated rings. The number of para-hydroxylation sites is 1. The monoisotopic (exact) mass is 450 g/mol. The summed E-state index contributed by atoms with van der Waals surface area (Å²) in [4.78, 5) is 17.9. The quantitative estimate of drug-likeness (QED) is 0.331. The number of rotatable bonds is 5. The summed E-state index contributed by atoms with van der Waals surface area (Å²) in [6.45, 7) is 4.17. The smallest absolute Gasteiger partial charge is 0.276 e. The number of carbonyl (C=O) groups is 1. The molecule has 5 nitrogen and oxygen atoms in total. The number of hydrogen-bond donors (Lipinski definition) is 1. The van der Waals surface area contributed by atoms with E-state index in [1.54, 1.807) is 4.68 Å². The van der Waals surface area contributed by atoms with E-state index in [0.717, 1.165) is 28.2 Å². The molecule has 1 N–H and O–H groups in total. The maximum atomic E-state index is 13.3. The summed E-state index contributed by atoms with van der Waals surface area (Å²) in [6, 6.07) is 27.6. The SMILES string of the molecule is Cc1ccc(-c2csc(NC(=O)c3cc(-c4ccccc4)nn3-c3ccccc3)n2)cc1C. The van der Waals surface area contributed by atoms with Gasteiger partial charge >= 0.3 is 0 Å². The second-order valence-electron chi connectivity index (χ2n) is 7.82. The van der Waals surface area contributed by atoms with E-state index in [9.17, 15) is 4.79 Å². The van der Waals surface area contributed by atoms with E-state index in [2.05, 4.69) is 42.3 Å². The molecule has 2 aromatic heterocycles. The third-order valence-corrected chi connectivity index (χ3v) is 6.30. The second kappa shape index (κ2) is 8.84. The van der Waals surface area contributed by atoms with Gasteiger partial charge in [-0.2, -0.15) is 5.10 Å². The molecule has 0 saturated heterocycles. The lowest BCUT2D eigenvalue weighted by atomic mass is 10.1. The molecule has 0 saturated carbocycles. The number of nitrogens with one attached hydrogen (secondary N) is 1. The van der Waals surface area contributed by atoms with Gasteiger partial charge < -0.3 is 0 Å². The molecule has 162 valence electrons. The highest BCUT2D eigenvalue weighted by atomic mass is 32.1. The number of aromatic nitrogens is 3. The van der Waals surface area contributed by atoms with Crippen LogP contribution in [0.2, 0.25) is 0 Å². The van der Waals surface area contributed by atoms with Gasteiger partial charge in [0.1, 0.15) is 5.69 Å². The topological polar surface area (TPSA) is 59.8 Å². The summed E-state index contributed by atoms with van der Waals surface area (Å²) < 4.78 is 1.68. The fourth-order valence-corrected chi connectivity index (χ4v) is 4.30. The molecule has 6 heteroatoms. The normalized spacial score (nSPS) is 10.8. The molecule has 3 aromatic carbocycles. The Hall–Kier alpha value is -4.03. The maximum Gasteiger partial charge on any atom is 0.276 e. The first-order valence-corrected chi connectivity index (χ1v) is 11.5. The van der Waals surface area contributed by atoms with Crippen LogP contribution in [0.3, 0.4) is 0 Å². The van der Waals surface area contributed by atoms with Crippen molar-refractivity contribution in [1.29, 1.82) is 0 Å². The van der Waals surface area contributed by atoms with Crippen LogP contribution in [0.1, 0.15) is 21.6 Å². The number of benzene rings is 3. The van der Waals surface area contributed by atoms with Gasteiger partial charge in [0.05, 0.1) is 17.1 Å². The second-order valence-corrected chi connectivity index (χ2v) is 8.68. The largest absolute Gasteiger partial charge is 0.296 e. The predicted octanol–water partition coefficient (Wildman–Crippen LogP) is 6.53. The van der Waals surface area contributed by atoms with E-state index in [-0.39, 0.29) is 5.91 Å². The number of thiazole rings is 1. The van der Waals surface area contributed by atoms with Crippen molar-refractivity contribution in [3.63, 3.8) is 0 Å². The molecule has 0 spiro atoms. The third-order valence-electron chi connectivity index (χ3n) is 5.54. The van der Waals surface area contributed by atoms with Gasteiger partial charge in [0, 0.05) is 16.5 Å². The van der Waals surface area contributed by atoms with Gasteiger partial charge in [-0.25, -0.2) is 9.67 Å². The summed E-state index contributed by atoms with van der Waals surface area (Å²) in [5.74, 6) is -0.255. The minimum absolute atomic E-state index is 0.255. The van der Waals surface area contributed by atoms with E-state index >= 15 is 0 Å². The Labute approximate surface area is 196 Å². The van der Waals surface area contributed by atoms with E-state index in [1.165, 1.54) is 22.5 Å². The maximum absolute atomic E-state index is 13.3. The summed E-state index contributed by atoms with van der Waals surface area (Å²) in [5, 5.41) is 10.2. The van der Waals surface area contributed by atoms with E-state index < -0.39 is 0 Å². The molecule has 0 unspecified atom stereocenters. The zero-order valence-electron chi connectivity index (χ0n) is 18.3. The van der Waals surface area contributed by atoms with Crippen LogP contribution in [-0.4, -0.2) is 20.7 Å². The lowest BCUT2D eigenvalue weighted by Crippen LogP contribution is -2.16. The van der Waals surface area contributed by atoms with Crippen LogP contribution < -0.4 is 5.32 Å². The van der Waals surface area contributed by atoms with Gasteiger partial charge in [0.25, 0.3) is 5.91 Å². The van der Waals surface area contributed by atoms with Gasteiger partial charge in [-0.05, 0) is 49.2 Å². The summed E-state index contributed by atoms with van der Waals surface area (Å²) in [5.41, 5.74) is 7.29. The number of nitrogens with zero attached hydrogens (tertiary/aromatic N) is 3. The van der Waals surface area contributed by atoms with Crippen LogP contribution in [0.4, 0.5) is 5.13 Å². The van der Waals surface area contributed by atoms with Gasteiger partial charge in [0.15, 0.2) is 5.13 Å². The molecule has 5 aromatic rings. The van der Waals surface area contributed by atoms with E-state index in [0.29, 0.717) is 10.8 Å². The average Bonchev–Trinajstić information content (AvgIpc) is 3.50. The predicted molar refractivity (Wildman–Crippen MR) is 134 cm³/mol. The molecule has 2 heterocycles. The summed E-state index contributed by atoms with van der Waals surface area (Å²) in [6.07, 6.45) is 0. The molecule has 0 aliphatic rings. The number of anilines is 1. The molecular weight excluding hydrogens is 428 g/mol. The molecule has 33 heavy (non-hydrogen) atoms. The first-order valence-electron chi connectivity index (χ1n) is 10.6. The first-order chi connectivity index (χ1) is 16.1. The standard InChI is InChI=1S/C27H22N4OS/c1-18-13-14-21(15-19(18)2)24-17-33-27(28-24)29-26(32)25-16-23(20-9-5-3-6-10-20)30-31(25)22-11-7-4-8-12-22/h3-17H,1-2H3,(H,28,29,32). The van der Waals surface area contributed by atoms with Crippen molar-refractivity contribution < 1.29 is 4.79 Å². The van der Waals surface area contributed by atoms with Gasteiger partial charge in [-0.3, -0.25) is 10.1 Å². The Morgan fingerprint density at radius 3 is 2.27 bits per heavy atom. The highest BCUT2D eigenvalue weighted by molar-refractivity contribution is 7.14.